The smallest absolute Gasteiger partial charge is 0.127 e. The SMILES string of the molecule is CC(C)N1CC2C(C1)C2(Cl)Cl. The normalized spacial score (nSPS) is 41.2. The minimum absolute atomic E-state index is 0.370. The van der Waals surface area contributed by atoms with Crippen LogP contribution in [0.2, 0.25) is 0 Å². The Bertz CT molecular complexity index is 165. The van der Waals surface area contributed by atoms with Crippen molar-refractivity contribution in [2.75, 3.05) is 13.1 Å². The van der Waals surface area contributed by atoms with Gasteiger partial charge < -0.3 is 4.90 Å². The highest BCUT2D eigenvalue weighted by molar-refractivity contribution is 6.51. The molecule has 64 valence electrons. The fraction of sp³-hybridized carbons (Fsp3) is 1.00. The van der Waals surface area contributed by atoms with E-state index in [1.807, 2.05) is 0 Å². The number of likely N-dealkylation sites (tertiary alicyclic amines) is 1. The summed E-state index contributed by atoms with van der Waals surface area (Å²) in [4.78, 5) is 2.44. The lowest BCUT2D eigenvalue weighted by atomic mass is 10.3. The number of alkyl halides is 2. The van der Waals surface area contributed by atoms with E-state index in [4.69, 9.17) is 23.2 Å². The summed E-state index contributed by atoms with van der Waals surface area (Å²) in [5, 5.41) is 0. The van der Waals surface area contributed by atoms with Crippen molar-refractivity contribution in [3.8, 4) is 0 Å². The van der Waals surface area contributed by atoms with Gasteiger partial charge >= 0.3 is 0 Å². The average Bonchev–Trinajstić information content (AvgIpc) is 2.28. The van der Waals surface area contributed by atoms with Gasteiger partial charge in [-0.25, -0.2) is 0 Å². The Balaban J connectivity index is 1.95. The summed E-state index contributed by atoms with van der Waals surface area (Å²) < 4.78 is -0.370. The second-order valence-corrected chi connectivity index (χ2v) is 5.38. The summed E-state index contributed by atoms with van der Waals surface area (Å²) in [5.74, 6) is 1.10. The first-order valence-corrected chi connectivity index (χ1v) is 4.91. The topological polar surface area (TPSA) is 3.24 Å². The highest BCUT2D eigenvalue weighted by Gasteiger charge is 2.67. The molecule has 1 heterocycles. The van der Waals surface area contributed by atoms with Gasteiger partial charge in [-0.15, -0.1) is 23.2 Å². The molecule has 1 saturated heterocycles. The van der Waals surface area contributed by atoms with Gasteiger partial charge in [0, 0.05) is 31.0 Å². The summed E-state index contributed by atoms with van der Waals surface area (Å²) in [6.45, 7) is 6.62. The minimum Gasteiger partial charge on any atom is -0.300 e. The van der Waals surface area contributed by atoms with Crippen LogP contribution < -0.4 is 0 Å². The van der Waals surface area contributed by atoms with Crippen molar-refractivity contribution in [3.63, 3.8) is 0 Å². The molecule has 2 aliphatic rings. The Morgan fingerprint density at radius 1 is 1.27 bits per heavy atom. The van der Waals surface area contributed by atoms with Gasteiger partial charge in [-0.1, -0.05) is 0 Å². The maximum atomic E-state index is 6.02. The molecule has 2 fully saturated rings. The zero-order valence-electron chi connectivity index (χ0n) is 6.85. The van der Waals surface area contributed by atoms with Gasteiger partial charge in [-0.2, -0.15) is 0 Å². The van der Waals surface area contributed by atoms with Gasteiger partial charge in [0.15, 0.2) is 0 Å². The standard InChI is InChI=1S/C8H13Cl2N/c1-5(2)11-3-6-7(4-11)8(6,9)10/h5-7H,3-4H2,1-2H3. The summed E-state index contributed by atoms with van der Waals surface area (Å²) in [7, 11) is 0. The van der Waals surface area contributed by atoms with Crippen molar-refractivity contribution in [1.82, 2.24) is 4.90 Å². The van der Waals surface area contributed by atoms with E-state index >= 15 is 0 Å². The number of piperidine rings is 1. The first-order valence-electron chi connectivity index (χ1n) is 4.15. The number of hydrogen-bond acceptors (Lipinski definition) is 1. The summed E-state index contributed by atoms with van der Waals surface area (Å²) in [6.07, 6.45) is 0. The molecule has 11 heavy (non-hydrogen) atoms. The van der Waals surface area contributed by atoms with E-state index in [0.717, 1.165) is 13.1 Å². The van der Waals surface area contributed by atoms with Gasteiger partial charge in [-0.3, -0.25) is 0 Å². The van der Waals surface area contributed by atoms with Crippen LogP contribution >= 0.6 is 23.2 Å². The Labute approximate surface area is 77.6 Å². The van der Waals surface area contributed by atoms with Crippen molar-refractivity contribution in [1.29, 1.82) is 0 Å². The van der Waals surface area contributed by atoms with Crippen molar-refractivity contribution in [3.05, 3.63) is 0 Å². The Morgan fingerprint density at radius 3 is 2.09 bits per heavy atom. The molecule has 3 heteroatoms. The van der Waals surface area contributed by atoms with E-state index in [1.165, 1.54) is 0 Å². The molecule has 1 saturated carbocycles. The first-order chi connectivity index (χ1) is 5.03. The molecule has 0 aromatic rings. The van der Waals surface area contributed by atoms with Crippen LogP contribution in [0.25, 0.3) is 0 Å². The number of nitrogens with zero attached hydrogens (tertiary/aromatic N) is 1. The van der Waals surface area contributed by atoms with Gasteiger partial charge in [-0.05, 0) is 13.8 Å². The molecule has 1 aliphatic heterocycles. The van der Waals surface area contributed by atoms with Gasteiger partial charge in [0.05, 0.1) is 0 Å². The lowest BCUT2D eigenvalue weighted by molar-refractivity contribution is 0.246. The third-order valence-corrected chi connectivity index (χ3v) is 4.08. The molecule has 2 unspecified atom stereocenters. The lowest BCUT2D eigenvalue weighted by Gasteiger charge is -2.23. The number of rotatable bonds is 1. The summed E-state index contributed by atoms with van der Waals surface area (Å²) >= 11 is 12.0. The highest BCUT2D eigenvalue weighted by atomic mass is 35.5. The predicted octanol–water partition coefficient (Wildman–Crippen LogP) is 2.13. The van der Waals surface area contributed by atoms with Crippen LogP contribution in [0.5, 0.6) is 0 Å². The Kier molecular flexibility index (Phi) is 1.69. The van der Waals surface area contributed by atoms with Crippen LogP contribution in [-0.4, -0.2) is 28.4 Å². The fourth-order valence-corrected chi connectivity index (χ4v) is 2.72. The van der Waals surface area contributed by atoms with E-state index in [9.17, 15) is 0 Å². The number of halogens is 2. The number of hydrogen-bond donors (Lipinski definition) is 0. The molecule has 2 atom stereocenters. The first kappa shape index (κ1) is 8.15. The van der Waals surface area contributed by atoms with E-state index in [-0.39, 0.29) is 4.33 Å². The van der Waals surface area contributed by atoms with Crippen LogP contribution in [0.15, 0.2) is 0 Å². The molecular formula is C8H13Cl2N. The Morgan fingerprint density at radius 2 is 1.73 bits per heavy atom. The van der Waals surface area contributed by atoms with Gasteiger partial charge in [0.2, 0.25) is 0 Å². The second-order valence-electron chi connectivity index (χ2n) is 3.94. The maximum absolute atomic E-state index is 6.02. The highest BCUT2D eigenvalue weighted by Crippen LogP contribution is 2.62. The molecule has 1 nitrogen and oxygen atoms in total. The van der Waals surface area contributed by atoms with Crippen LogP contribution in [0.4, 0.5) is 0 Å². The quantitative estimate of drug-likeness (QED) is 0.578. The molecule has 0 N–H and O–H groups in total. The molecule has 0 radical (unpaired) electrons. The monoisotopic (exact) mass is 193 g/mol. The van der Waals surface area contributed by atoms with Crippen molar-refractivity contribution in [2.45, 2.75) is 24.2 Å². The van der Waals surface area contributed by atoms with Crippen molar-refractivity contribution < 1.29 is 0 Å². The summed E-state index contributed by atoms with van der Waals surface area (Å²) in [5.41, 5.74) is 0. The molecule has 1 aliphatic carbocycles. The molecule has 0 spiro atoms. The van der Waals surface area contributed by atoms with Crippen molar-refractivity contribution in [2.24, 2.45) is 11.8 Å². The largest absolute Gasteiger partial charge is 0.300 e. The lowest BCUT2D eigenvalue weighted by Crippen LogP contribution is -2.32. The van der Waals surface area contributed by atoms with Gasteiger partial charge in [0.25, 0.3) is 0 Å². The second kappa shape index (κ2) is 2.27. The molecule has 0 bridgehead atoms. The van der Waals surface area contributed by atoms with Crippen LogP contribution in [0, 0.1) is 11.8 Å². The average molecular weight is 194 g/mol. The van der Waals surface area contributed by atoms with Crippen LogP contribution in [0.3, 0.4) is 0 Å². The zero-order chi connectivity index (χ0) is 8.22. The fourth-order valence-electron chi connectivity index (χ4n) is 1.96. The number of fused-ring (bicyclic) bond motifs is 1. The third-order valence-electron chi connectivity index (χ3n) is 2.96. The van der Waals surface area contributed by atoms with E-state index in [0.29, 0.717) is 17.9 Å². The predicted molar refractivity (Wildman–Crippen MR) is 48.1 cm³/mol. The van der Waals surface area contributed by atoms with Crippen LogP contribution in [-0.2, 0) is 0 Å². The third kappa shape index (κ3) is 1.09. The molecule has 0 aromatic heterocycles. The van der Waals surface area contributed by atoms with E-state index < -0.39 is 0 Å². The van der Waals surface area contributed by atoms with Crippen molar-refractivity contribution >= 4 is 23.2 Å². The van der Waals surface area contributed by atoms with E-state index in [2.05, 4.69) is 18.7 Å². The Hall–Kier alpha value is 0.540. The molecular weight excluding hydrogens is 181 g/mol. The summed E-state index contributed by atoms with van der Waals surface area (Å²) in [6, 6.07) is 0.645. The minimum atomic E-state index is -0.370. The molecule has 0 aromatic carbocycles. The zero-order valence-corrected chi connectivity index (χ0v) is 8.36. The molecule has 0 amide bonds. The van der Waals surface area contributed by atoms with Gasteiger partial charge in [0.1, 0.15) is 4.33 Å². The molecule has 2 rings (SSSR count). The van der Waals surface area contributed by atoms with Crippen LogP contribution in [0.1, 0.15) is 13.8 Å². The van der Waals surface area contributed by atoms with E-state index in [1.54, 1.807) is 0 Å². The maximum Gasteiger partial charge on any atom is 0.127 e.